The maximum Gasteiger partial charge on any atom is 0.194 e. The van der Waals surface area contributed by atoms with Crippen LogP contribution in [0.3, 0.4) is 0 Å². The first-order valence-corrected chi connectivity index (χ1v) is 10.9. The molecular weight excluding hydrogens is 260 g/mol. The monoisotopic (exact) mass is 282 g/mol. The van der Waals surface area contributed by atoms with Crippen LogP contribution < -0.4 is 0 Å². The third-order valence-corrected chi connectivity index (χ3v) is 4.37. The van der Waals surface area contributed by atoms with Crippen LogP contribution in [0.15, 0.2) is 30.3 Å². The summed E-state index contributed by atoms with van der Waals surface area (Å²) in [6, 6.07) is 9.41. The fourth-order valence-corrected chi connectivity index (χ4v) is 4.35. The van der Waals surface area contributed by atoms with E-state index in [1.54, 1.807) is 11.8 Å². The summed E-state index contributed by atoms with van der Waals surface area (Å²) in [5.41, 5.74) is 0.0120. The van der Waals surface area contributed by atoms with Gasteiger partial charge in [0, 0.05) is 11.3 Å². The lowest BCUT2D eigenvalue weighted by Gasteiger charge is -2.34. The Kier molecular flexibility index (Phi) is 5.19. The highest BCUT2D eigenvalue weighted by molar-refractivity contribution is 7.98. The zero-order valence-electron chi connectivity index (χ0n) is 11.8. The van der Waals surface area contributed by atoms with Crippen molar-refractivity contribution >= 4 is 25.9 Å². The second kappa shape index (κ2) is 6.04. The number of Topliss-reactive ketones (excluding diaryl/α,β-unsaturated/α-hetero) is 1. The predicted octanol–water partition coefficient (Wildman–Crippen LogP) is 3.84. The summed E-state index contributed by atoms with van der Waals surface area (Å²) < 4.78 is 6.15. The Morgan fingerprint density at radius 2 is 1.83 bits per heavy atom. The van der Waals surface area contributed by atoms with Gasteiger partial charge >= 0.3 is 0 Å². The Hall–Kier alpha value is -0.583. The molecule has 1 atom stereocenters. The lowest BCUT2D eigenvalue weighted by molar-refractivity contribution is 0.0574. The molecule has 18 heavy (non-hydrogen) atoms. The number of carbonyl (C=O) groups is 1. The summed E-state index contributed by atoms with van der Waals surface area (Å²) in [7, 11) is -1.76. The van der Waals surface area contributed by atoms with E-state index < -0.39 is 13.9 Å². The molecule has 0 aliphatic rings. The van der Waals surface area contributed by atoms with E-state index in [1.165, 1.54) is 0 Å². The van der Waals surface area contributed by atoms with Crippen LogP contribution in [0, 0.1) is 0 Å². The Morgan fingerprint density at radius 1 is 1.28 bits per heavy atom. The molecule has 0 saturated heterocycles. The molecule has 1 aromatic rings. The molecule has 0 aliphatic carbocycles. The first kappa shape index (κ1) is 15.5. The highest BCUT2D eigenvalue weighted by atomic mass is 32.2. The molecule has 0 amide bonds. The van der Waals surface area contributed by atoms with Crippen molar-refractivity contribution in [1.82, 2.24) is 0 Å². The molecule has 0 aliphatic heterocycles. The van der Waals surface area contributed by atoms with E-state index in [9.17, 15) is 4.79 Å². The van der Waals surface area contributed by atoms with E-state index in [2.05, 4.69) is 19.6 Å². The molecular formula is C14H22O2SSi. The summed E-state index contributed by atoms with van der Waals surface area (Å²) in [5, 5.41) is 0. The molecule has 0 bridgehead atoms. The Balaban J connectivity index is 3.01. The molecule has 0 saturated carbocycles. The van der Waals surface area contributed by atoms with Crippen LogP contribution in [-0.2, 0) is 4.43 Å². The highest BCUT2D eigenvalue weighted by Crippen LogP contribution is 2.26. The Labute approximate surface area is 115 Å². The molecule has 0 aromatic heterocycles. The Bertz CT molecular complexity index is 400. The van der Waals surface area contributed by atoms with E-state index in [1.807, 2.05) is 43.5 Å². The second-order valence-corrected chi connectivity index (χ2v) is 10.9. The van der Waals surface area contributed by atoms with Gasteiger partial charge in [-0.3, -0.25) is 4.79 Å². The molecule has 0 radical (unpaired) electrons. The van der Waals surface area contributed by atoms with Gasteiger partial charge in [-0.15, -0.1) is 0 Å². The third-order valence-electron chi connectivity index (χ3n) is 2.47. The van der Waals surface area contributed by atoms with Crippen LogP contribution in [0.25, 0.3) is 0 Å². The van der Waals surface area contributed by atoms with Crippen molar-refractivity contribution in [2.24, 2.45) is 0 Å². The number of ketones is 1. The molecule has 0 heterocycles. The average Bonchev–Trinajstić information content (AvgIpc) is 2.27. The fraction of sp³-hybridized carbons (Fsp3) is 0.500. The van der Waals surface area contributed by atoms with Crippen LogP contribution in [0.5, 0.6) is 0 Å². The minimum absolute atomic E-state index is 0.0832. The average molecular weight is 282 g/mol. The van der Waals surface area contributed by atoms with Crippen LogP contribution >= 0.6 is 11.8 Å². The van der Waals surface area contributed by atoms with Crippen molar-refractivity contribution in [3.63, 3.8) is 0 Å². The van der Waals surface area contributed by atoms with Crippen molar-refractivity contribution < 1.29 is 9.22 Å². The highest BCUT2D eigenvalue weighted by Gasteiger charge is 2.38. The second-order valence-electron chi connectivity index (χ2n) is 5.57. The molecule has 2 nitrogen and oxygen atoms in total. The molecule has 4 heteroatoms. The first-order valence-electron chi connectivity index (χ1n) is 6.07. The van der Waals surface area contributed by atoms with Gasteiger partial charge in [0.05, 0.1) is 0 Å². The van der Waals surface area contributed by atoms with Gasteiger partial charge in [-0.1, -0.05) is 30.3 Å². The normalized spacial score (nSPS) is 15.2. The summed E-state index contributed by atoms with van der Waals surface area (Å²) in [6.07, 6.45) is 2.00. The van der Waals surface area contributed by atoms with Gasteiger partial charge in [-0.2, -0.15) is 11.8 Å². The van der Waals surface area contributed by atoms with Crippen molar-refractivity contribution in [2.75, 3.05) is 12.0 Å². The van der Waals surface area contributed by atoms with Crippen molar-refractivity contribution in [3.05, 3.63) is 35.9 Å². The first-order chi connectivity index (χ1) is 8.28. The zero-order valence-corrected chi connectivity index (χ0v) is 13.6. The fourth-order valence-electron chi connectivity index (χ4n) is 1.99. The lowest BCUT2D eigenvalue weighted by Crippen LogP contribution is -2.48. The molecule has 0 N–H and O–H groups in total. The smallest absolute Gasteiger partial charge is 0.194 e. The number of hydrogen-bond donors (Lipinski definition) is 0. The van der Waals surface area contributed by atoms with Crippen LogP contribution in [-0.4, -0.2) is 31.7 Å². The maximum absolute atomic E-state index is 12.6. The summed E-state index contributed by atoms with van der Waals surface area (Å²) in [5.74, 6) is 0.769. The van der Waals surface area contributed by atoms with Gasteiger partial charge < -0.3 is 4.43 Å². The largest absolute Gasteiger partial charge is 0.404 e. The number of rotatable bonds is 6. The maximum atomic E-state index is 12.6. The summed E-state index contributed by atoms with van der Waals surface area (Å²) in [4.78, 5) is 12.6. The van der Waals surface area contributed by atoms with Gasteiger partial charge in [0.1, 0.15) is 5.60 Å². The molecule has 1 unspecified atom stereocenters. The predicted molar refractivity (Wildman–Crippen MR) is 82.0 cm³/mol. The number of benzene rings is 1. The van der Waals surface area contributed by atoms with Crippen LogP contribution in [0.2, 0.25) is 19.6 Å². The van der Waals surface area contributed by atoms with Gasteiger partial charge in [0.2, 0.25) is 0 Å². The van der Waals surface area contributed by atoms with Crippen molar-refractivity contribution in [1.29, 1.82) is 0 Å². The van der Waals surface area contributed by atoms with Gasteiger partial charge in [0.25, 0.3) is 0 Å². The lowest BCUT2D eigenvalue weighted by atomic mass is 9.97. The molecule has 100 valence electrons. The molecule has 1 rings (SSSR count). The standard InChI is InChI=1S/C14H22O2SSi/c1-14(11-17-2,16-18(3,4)5)13(15)12-9-7-6-8-10-12/h6-10H,11H2,1-5H3. The topological polar surface area (TPSA) is 26.3 Å². The zero-order chi connectivity index (χ0) is 13.8. The third kappa shape index (κ3) is 4.26. The summed E-state index contributed by atoms with van der Waals surface area (Å²) >= 11 is 1.65. The van der Waals surface area contributed by atoms with Crippen LogP contribution in [0.4, 0.5) is 0 Å². The minimum Gasteiger partial charge on any atom is -0.404 e. The molecule has 1 aromatic carbocycles. The van der Waals surface area contributed by atoms with E-state index >= 15 is 0 Å². The van der Waals surface area contributed by atoms with Crippen LogP contribution in [0.1, 0.15) is 17.3 Å². The van der Waals surface area contributed by atoms with Gasteiger partial charge in [0.15, 0.2) is 14.1 Å². The van der Waals surface area contributed by atoms with Crippen molar-refractivity contribution in [2.45, 2.75) is 32.2 Å². The van der Waals surface area contributed by atoms with Gasteiger partial charge in [-0.25, -0.2) is 0 Å². The number of carbonyl (C=O) groups excluding carboxylic acids is 1. The van der Waals surface area contributed by atoms with Gasteiger partial charge in [-0.05, 0) is 32.8 Å². The Morgan fingerprint density at radius 3 is 2.28 bits per heavy atom. The summed E-state index contributed by atoms with van der Waals surface area (Å²) in [6.45, 7) is 8.26. The SMILES string of the molecule is CSCC(C)(O[Si](C)(C)C)C(=O)c1ccccc1. The number of thioether (sulfide) groups is 1. The van der Waals surface area contributed by atoms with Crippen molar-refractivity contribution in [3.8, 4) is 0 Å². The quantitative estimate of drug-likeness (QED) is 0.586. The number of hydrogen-bond acceptors (Lipinski definition) is 3. The molecule has 0 fully saturated rings. The van der Waals surface area contributed by atoms with E-state index in [4.69, 9.17) is 4.43 Å². The molecule has 0 spiro atoms. The van der Waals surface area contributed by atoms with E-state index in [0.717, 1.165) is 5.56 Å². The minimum atomic E-state index is -1.76. The van der Waals surface area contributed by atoms with E-state index in [-0.39, 0.29) is 5.78 Å². The van der Waals surface area contributed by atoms with E-state index in [0.29, 0.717) is 5.75 Å².